The van der Waals surface area contributed by atoms with E-state index in [-0.39, 0.29) is 5.78 Å². The largest absolute Gasteiger partial charge is 0.397 e. The Kier molecular flexibility index (Phi) is 3.84. The highest BCUT2D eigenvalue weighted by Gasteiger charge is 2.25. The molecular formula is C18H17N5O2S. The van der Waals surface area contributed by atoms with Gasteiger partial charge in [0.2, 0.25) is 11.9 Å². The number of aromatic nitrogens is 2. The minimum absolute atomic E-state index is 0.112. The van der Waals surface area contributed by atoms with Crippen molar-refractivity contribution in [2.45, 2.75) is 25.8 Å². The molecule has 0 bridgehead atoms. The van der Waals surface area contributed by atoms with Gasteiger partial charge in [0.15, 0.2) is 5.78 Å². The van der Waals surface area contributed by atoms with E-state index in [1.807, 2.05) is 6.07 Å². The number of benzene rings is 1. The maximum Gasteiger partial charge on any atom is 0.248 e. The number of anilines is 2. The van der Waals surface area contributed by atoms with Gasteiger partial charge in [-0.15, -0.1) is 11.3 Å². The second-order valence-corrected chi connectivity index (χ2v) is 7.34. The predicted octanol–water partition coefficient (Wildman–Crippen LogP) is 2.82. The molecule has 2 aromatic heterocycles. The minimum atomic E-state index is -0.517. The predicted molar refractivity (Wildman–Crippen MR) is 102 cm³/mol. The third-order valence-corrected chi connectivity index (χ3v) is 5.44. The first-order valence-electron chi connectivity index (χ1n) is 8.21. The summed E-state index contributed by atoms with van der Waals surface area (Å²) in [7, 11) is 0. The van der Waals surface area contributed by atoms with Crippen LogP contribution in [0.4, 0.5) is 11.6 Å². The molecule has 1 amide bonds. The number of rotatable bonds is 5. The first kappa shape index (κ1) is 16.5. The Labute approximate surface area is 153 Å². The summed E-state index contributed by atoms with van der Waals surface area (Å²) in [6.07, 6.45) is 2.17. The molecule has 0 aliphatic heterocycles. The third kappa shape index (κ3) is 2.88. The smallest absolute Gasteiger partial charge is 0.248 e. The van der Waals surface area contributed by atoms with Gasteiger partial charge < -0.3 is 16.8 Å². The number of Topliss-reactive ketones (excluding diaryl/α,β-unsaturated/α-hetero) is 1. The van der Waals surface area contributed by atoms with E-state index >= 15 is 0 Å². The zero-order valence-corrected chi connectivity index (χ0v) is 14.9. The van der Waals surface area contributed by atoms with E-state index in [1.165, 1.54) is 18.3 Å². The summed E-state index contributed by atoms with van der Waals surface area (Å²) in [5.41, 5.74) is 13.7. The highest BCUT2D eigenvalue weighted by atomic mass is 32.1. The lowest BCUT2D eigenvalue weighted by molar-refractivity contribution is 0.0997. The van der Waals surface area contributed by atoms with Crippen molar-refractivity contribution in [3.05, 3.63) is 34.7 Å². The molecule has 3 aromatic rings. The highest BCUT2D eigenvalue weighted by molar-refractivity contribution is 7.21. The Morgan fingerprint density at radius 1 is 1.27 bits per heavy atom. The maximum absolute atomic E-state index is 11.9. The fraction of sp³-hybridized carbons (Fsp3) is 0.222. The van der Waals surface area contributed by atoms with Crippen LogP contribution >= 0.6 is 11.3 Å². The topological polar surface area (TPSA) is 124 Å². The van der Waals surface area contributed by atoms with Crippen molar-refractivity contribution in [3.63, 3.8) is 0 Å². The number of nitrogens with zero attached hydrogens (tertiary/aromatic N) is 2. The summed E-state index contributed by atoms with van der Waals surface area (Å²) in [6.45, 7) is 1.48. The van der Waals surface area contributed by atoms with Gasteiger partial charge in [-0.2, -0.15) is 0 Å². The molecule has 7 nitrogen and oxygen atoms in total. The number of primary amides is 1. The number of ketones is 1. The van der Waals surface area contributed by atoms with Crippen LogP contribution in [0.15, 0.2) is 24.3 Å². The van der Waals surface area contributed by atoms with Crippen molar-refractivity contribution in [2.24, 2.45) is 5.73 Å². The van der Waals surface area contributed by atoms with Crippen molar-refractivity contribution in [2.75, 3.05) is 11.1 Å². The fourth-order valence-corrected chi connectivity index (χ4v) is 3.78. The molecule has 2 heterocycles. The van der Waals surface area contributed by atoms with Gasteiger partial charge in [0.25, 0.3) is 0 Å². The second-order valence-electron chi connectivity index (χ2n) is 6.34. The van der Waals surface area contributed by atoms with Gasteiger partial charge in [-0.1, -0.05) is 12.1 Å². The van der Waals surface area contributed by atoms with Gasteiger partial charge in [-0.05, 0) is 25.0 Å². The summed E-state index contributed by atoms with van der Waals surface area (Å²) in [5, 5.41) is 3.91. The number of carbonyl (C=O) groups is 2. The van der Waals surface area contributed by atoms with Crippen LogP contribution < -0.4 is 16.8 Å². The zero-order valence-electron chi connectivity index (χ0n) is 14.1. The molecule has 1 aliphatic rings. The molecule has 1 aromatic carbocycles. The lowest BCUT2D eigenvalue weighted by Crippen LogP contribution is -2.11. The molecule has 0 radical (unpaired) electrons. The number of hydrogen-bond acceptors (Lipinski definition) is 7. The van der Waals surface area contributed by atoms with Gasteiger partial charge in [0.1, 0.15) is 4.83 Å². The van der Waals surface area contributed by atoms with Crippen LogP contribution in [-0.4, -0.2) is 27.7 Å². The van der Waals surface area contributed by atoms with E-state index < -0.39 is 5.91 Å². The molecule has 5 N–H and O–H groups in total. The second kappa shape index (κ2) is 6.06. The molecule has 8 heteroatoms. The summed E-state index contributed by atoms with van der Waals surface area (Å²) >= 11 is 1.26. The molecule has 1 fully saturated rings. The molecule has 132 valence electrons. The number of nitrogens with two attached hydrogens (primary N) is 2. The molecule has 0 saturated heterocycles. The average Bonchev–Trinajstić information content (AvgIpc) is 3.36. The van der Waals surface area contributed by atoms with E-state index in [2.05, 4.69) is 15.3 Å². The Morgan fingerprint density at radius 3 is 2.69 bits per heavy atom. The van der Waals surface area contributed by atoms with Crippen LogP contribution in [0.5, 0.6) is 0 Å². The van der Waals surface area contributed by atoms with Gasteiger partial charge in [-0.3, -0.25) is 9.59 Å². The zero-order chi connectivity index (χ0) is 18.4. The average molecular weight is 367 g/mol. The maximum atomic E-state index is 11.9. The van der Waals surface area contributed by atoms with Crippen LogP contribution in [-0.2, 0) is 0 Å². The van der Waals surface area contributed by atoms with Gasteiger partial charge >= 0.3 is 0 Å². The van der Waals surface area contributed by atoms with Crippen molar-refractivity contribution in [1.29, 1.82) is 0 Å². The Balaban J connectivity index is 1.97. The van der Waals surface area contributed by atoms with Gasteiger partial charge in [0.05, 0.1) is 21.6 Å². The number of nitrogens with one attached hydrogen (secondary N) is 1. The molecular weight excluding hydrogens is 350 g/mol. The molecule has 1 saturated carbocycles. The molecule has 0 spiro atoms. The highest BCUT2D eigenvalue weighted by Crippen LogP contribution is 2.39. The third-order valence-electron chi connectivity index (χ3n) is 4.24. The standard InChI is InChI=1S/C18H17N5O2S/c1-8(24)15-13(19)12-14(9-3-2-4-10(7-9)16(20)25)22-18(21-11-5-6-11)23-17(12)26-15/h2-4,7,11H,5-6,19H2,1H3,(H2,20,25)(H,21,22,23). The summed E-state index contributed by atoms with van der Waals surface area (Å²) in [4.78, 5) is 33.7. The van der Waals surface area contributed by atoms with Crippen LogP contribution in [0.1, 0.15) is 39.8 Å². The summed E-state index contributed by atoms with van der Waals surface area (Å²) in [6, 6.07) is 7.27. The van der Waals surface area contributed by atoms with Crippen molar-refractivity contribution in [1.82, 2.24) is 9.97 Å². The monoisotopic (exact) mass is 367 g/mol. The summed E-state index contributed by atoms with van der Waals surface area (Å²) < 4.78 is 0. The lowest BCUT2D eigenvalue weighted by atomic mass is 10.0. The van der Waals surface area contributed by atoms with Crippen LogP contribution in [0.2, 0.25) is 0 Å². The molecule has 0 unspecified atom stereocenters. The van der Waals surface area contributed by atoms with E-state index in [4.69, 9.17) is 11.5 Å². The Bertz CT molecular complexity index is 1060. The SMILES string of the molecule is CC(=O)c1sc2nc(NC3CC3)nc(-c3cccc(C(N)=O)c3)c2c1N. The van der Waals surface area contributed by atoms with E-state index in [1.54, 1.807) is 18.2 Å². The molecule has 4 rings (SSSR count). The van der Waals surface area contributed by atoms with E-state index in [0.29, 0.717) is 49.6 Å². The number of fused-ring (bicyclic) bond motifs is 1. The number of hydrogen-bond donors (Lipinski definition) is 3. The van der Waals surface area contributed by atoms with Crippen LogP contribution in [0.25, 0.3) is 21.5 Å². The molecule has 1 aliphatic carbocycles. The van der Waals surface area contributed by atoms with Crippen LogP contribution in [0, 0.1) is 0 Å². The lowest BCUT2D eigenvalue weighted by Gasteiger charge is -2.09. The number of nitrogen functional groups attached to an aromatic ring is 1. The Morgan fingerprint density at radius 2 is 2.04 bits per heavy atom. The first-order chi connectivity index (χ1) is 12.4. The van der Waals surface area contributed by atoms with Crippen molar-refractivity contribution < 1.29 is 9.59 Å². The minimum Gasteiger partial charge on any atom is -0.397 e. The van der Waals surface area contributed by atoms with Gasteiger partial charge in [0, 0.05) is 24.1 Å². The quantitative estimate of drug-likeness (QED) is 0.596. The normalized spacial score (nSPS) is 13.7. The summed E-state index contributed by atoms with van der Waals surface area (Å²) in [5.74, 6) is -0.133. The van der Waals surface area contributed by atoms with Crippen molar-refractivity contribution >= 4 is 44.9 Å². The van der Waals surface area contributed by atoms with Crippen LogP contribution in [0.3, 0.4) is 0 Å². The van der Waals surface area contributed by atoms with E-state index in [0.717, 1.165) is 12.8 Å². The van der Waals surface area contributed by atoms with Gasteiger partial charge in [-0.25, -0.2) is 9.97 Å². The number of carbonyl (C=O) groups excluding carboxylic acids is 2. The first-order valence-corrected chi connectivity index (χ1v) is 9.03. The van der Waals surface area contributed by atoms with E-state index in [9.17, 15) is 9.59 Å². The van der Waals surface area contributed by atoms with Crippen molar-refractivity contribution in [3.8, 4) is 11.3 Å². The molecule has 26 heavy (non-hydrogen) atoms. The molecule has 0 atom stereocenters. The fourth-order valence-electron chi connectivity index (χ4n) is 2.79. The Hall–Kier alpha value is -3.00. The number of amides is 1. The number of thiophene rings is 1.